The molecule has 4 heteroatoms. The molecule has 1 nitrogen and oxygen atoms in total. The van der Waals surface area contributed by atoms with E-state index in [1.165, 1.54) is 12.1 Å². The van der Waals surface area contributed by atoms with Crippen LogP contribution in [0.3, 0.4) is 0 Å². The van der Waals surface area contributed by atoms with Crippen molar-refractivity contribution in [1.29, 1.82) is 0 Å². The van der Waals surface area contributed by atoms with Crippen molar-refractivity contribution in [2.45, 2.75) is 13.8 Å². The summed E-state index contributed by atoms with van der Waals surface area (Å²) in [6.07, 6.45) is 0. The van der Waals surface area contributed by atoms with Crippen LogP contribution in [0.4, 0.5) is 20.2 Å². The number of hydrogen-bond acceptors (Lipinski definition) is 1. The van der Waals surface area contributed by atoms with Crippen molar-refractivity contribution >= 4 is 11.4 Å². The minimum atomic E-state index is -0.559. The molecule has 0 fully saturated rings. The molecular weight excluding hydrogens is 280 g/mol. The molecule has 0 radical (unpaired) electrons. The van der Waals surface area contributed by atoms with E-state index in [1.807, 2.05) is 43.0 Å². The van der Waals surface area contributed by atoms with Gasteiger partial charge in [-0.05, 0) is 38.1 Å². The Morgan fingerprint density at radius 3 is 2.16 bits per heavy atom. The molecule has 0 aliphatic rings. The topological polar surface area (TPSA) is 3.24 Å². The Kier molecular flexibility index (Phi) is 5.70. The summed E-state index contributed by atoms with van der Waals surface area (Å²) in [6, 6.07) is 11.5. The maximum absolute atomic E-state index is 13.8. The maximum atomic E-state index is 13.8. The van der Waals surface area contributed by atoms with Gasteiger partial charge in [-0.2, -0.15) is 0 Å². The molecule has 0 N–H and O–H groups in total. The van der Waals surface area contributed by atoms with Crippen molar-refractivity contribution in [3.63, 3.8) is 0 Å². The number of nitrogens with zero attached hydrogens (tertiary/aromatic N) is 1. The fraction of sp³-hybridized carbons (Fsp3) is 0.200. The summed E-state index contributed by atoms with van der Waals surface area (Å²) >= 11 is 0. The second-order valence-electron chi connectivity index (χ2n) is 4.18. The van der Waals surface area contributed by atoms with Crippen LogP contribution in [0.5, 0.6) is 0 Å². The zero-order chi connectivity index (χ0) is 13.1. The van der Waals surface area contributed by atoms with E-state index in [1.54, 1.807) is 0 Å². The van der Waals surface area contributed by atoms with Crippen LogP contribution in [0.25, 0.3) is 0 Å². The largest absolute Gasteiger partial charge is 0.339 e. The molecule has 0 aliphatic carbocycles. The minimum absolute atomic E-state index is 0. The molecule has 0 aromatic heterocycles. The third kappa shape index (κ3) is 3.65. The molecule has 0 spiro atoms. The summed E-state index contributed by atoms with van der Waals surface area (Å²) < 4.78 is 26.7. The molecule has 2 aromatic carbocycles. The van der Waals surface area contributed by atoms with Gasteiger partial charge in [-0.15, -0.1) is 0 Å². The first-order valence-corrected chi connectivity index (χ1v) is 5.91. The van der Waals surface area contributed by atoms with E-state index < -0.39 is 11.6 Å². The molecule has 0 saturated carbocycles. The summed E-state index contributed by atoms with van der Waals surface area (Å²) in [4.78, 5) is 1.81. The van der Waals surface area contributed by atoms with Crippen LogP contribution in [0, 0.1) is 18.6 Å². The van der Waals surface area contributed by atoms with Gasteiger partial charge in [-0.3, -0.25) is 0 Å². The van der Waals surface area contributed by atoms with Crippen LogP contribution < -0.4 is 4.90 Å². The van der Waals surface area contributed by atoms with Crippen molar-refractivity contribution in [2.24, 2.45) is 0 Å². The fourth-order valence-corrected chi connectivity index (χ4v) is 1.92. The van der Waals surface area contributed by atoms with Gasteiger partial charge in [0.15, 0.2) is 0 Å². The molecular formula is C15H15F2NTi. The average molecular weight is 295 g/mol. The molecule has 0 bridgehead atoms. The van der Waals surface area contributed by atoms with Crippen LogP contribution in [-0.4, -0.2) is 6.54 Å². The normalized spacial score (nSPS) is 9.89. The van der Waals surface area contributed by atoms with Gasteiger partial charge < -0.3 is 4.90 Å². The first kappa shape index (κ1) is 15.9. The third-order valence-electron chi connectivity index (χ3n) is 2.86. The molecule has 0 amide bonds. The summed E-state index contributed by atoms with van der Waals surface area (Å²) in [6.45, 7) is 4.55. The fourth-order valence-electron chi connectivity index (χ4n) is 1.92. The maximum Gasteiger partial charge on any atom is 0.149 e. The monoisotopic (exact) mass is 295 g/mol. The number of anilines is 2. The van der Waals surface area contributed by atoms with Crippen molar-refractivity contribution in [1.82, 2.24) is 0 Å². The average Bonchev–Trinajstić information content (AvgIpc) is 2.35. The van der Waals surface area contributed by atoms with Crippen molar-refractivity contribution in [3.05, 3.63) is 59.7 Å². The van der Waals surface area contributed by atoms with E-state index in [0.29, 0.717) is 12.2 Å². The van der Waals surface area contributed by atoms with Gasteiger partial charge in [-0.1, -0.05) is 17.7 Å². The molecule has 0 atom stereocenters. The van der Waals surface area contributed by atoms with E-state index in [4.69, 9.17) is 0 Å². The van der Waals surface area contributed by atoms with Crippen LogP contribution >= 0.6 is 0 Å². The Labute approximate surface area is 127 Å². The second kappa shape index (κ2) is 6.83. The Morgan fingerprint density at radius 1 is 1.00 bits per heavy atom. The van der Waals surface area contributed by atoms with Crippen LogP contribution in [-0.2, 0) is 21.7 Å². The summed E-state index contributed by atoms with van der Waals surface area (Å²) in [7, 11) is 0. The number of aryl methyl sites for hydroxylation is 1. The Bertz CT molecular complexity index is 540. The third-order valence-corrected chi connectivity index (χ3v) is 2.86. The second-order valence-corrected chi connectivity index (χ2v) is 4.18. The molecule has 2 rings (SSSR count). The first-order chi connectivity index (χ1) is 8.61. The zero-order valence-electron chi connectivity index (χ0n) is 11.0. The minimum Gasteiger partial charge on any atom is -0.339 e. The van der Waals surface area contributed by atoms with Crippen molar-refractivity contribution in [3.8, 4) is 0 Å². The van der Waals surface area contributed by atoms with E-state index in [0.717, 1.165) is 17.3 Å². The standard InChI is InChI=1S/C15H15F2N.Ti/c1-3-18(13-7-4-11(2)5-8-13)15-9-6-12(16)10-14(15)17;/h4-10H,3H2,1-2H3;. The molecule has 19 heavy (non-hydrogen) atoms. The number of benzene rings is 2. The summed E-state index contributed by atoms with van der Waals surface area (Å²) in [5.74, 6) is -1.10. The smallest absolute Gasteiger partial charge is 0.149 e. The number of halogens is 2. The molecule has 0 heterocycles. The van der Waals surface area contributed by atoms with E-state index >= 15 is 0 Å². The Balaban J connectivity index is 0.00000180. The summed E-state index contributed by atoms with van der Waals surface area (Å²) in [5.41, 5.74) is 2.44. The van der Waals surface area contributed by atoms with Gasteiger partial charge in [0, 0.05) is 40.0 Å². The van der Waals surface area contributed by atoms with E-state index in [2.05, 4.69) is 0 Å². The Hall–Kier alpha value is -1.19. The van der Waals surface area contributed by atoms with Gasteiger partial charge in [0.2, 0.25) is 0 Å². The van der Waals surface area contributed by atoms with Gasteiger partial charge in [-0.25, -0.2) is 8.78 Å². The molecule has 0 unspecified atom stereocenters. The van der Waals surface area contributed by atoms with Crippen LogP contribution in [0.1, 0.15) is 12.5 Å². The van der Waals surface area contributed by atoms with Crippen molar-refractivity contribution in [2.75, 3.05) is 11.4 Å². The van der Waals surface area contributed by atoms with Gasteiger partial charge >= 0.3 is 0 Å². The van der Waals surface area contributed by atoms with Crippen molar-refractivity contribution < 1.29 is 30.5 Å². The predicted octanol–water partition coefficient (Wildman–Crippen LogP) is 4.43. The quantitative estimate of drug-likeness (QED) is 0.757. The van der Waals surface area contributed by atoms with Gasteiger partial charge in [0.05, 0.1) is 5.69 Å². The SMILES string of the molecule is CCN(c1ccc(C)cc1)c1ccc(F)cc1F.[Ti]. The predicted molar refractivity (Wildman–Crippen MR) is 70.2 cm³/mol. The van der Waals surface area contributed by atoms with Crippen LogP contribution in [0.2, 0.25) is 0 Å². The number of rotatable bonds is 3. The van der Waals surface area contributed by atoms with Crippen LogP contribution in [0.15, 0.2) is 42.5 Å². The molecule has 0 aliphatic heterocycles. The summed E-state index contributed by atoms with van der Waals surface area (Å²) in [5, 5.41) is 0. The Morgan fingerprint density at radius 2 is 1.63 bits per heavy atom. The molecule has 0 saturated heterocycles. The van der Waals surface area contributed by atoms with E-state index in [9.17, 15) is 8.78 Å². The first-order valence-electron chi connectivity index (χ1n) is 5.91. The zero-order valence-corrected chi connectivity index (χ0v) is 12.5. The van der Waals surface area contributed by atoms with E-state index in [-0.39, 0.29) is 21.7 Å². The molecule has 2 aromatic rings. The van der Waals surface area contributed by atoms with Gasteiger partial charge in [0.1, 0.15) is 11.6 Å². The number of hydrogen-bond donors (Lipinski definition) is 0. The van der Waals surface area contributed by atoms with Gasteiger partial charge in [0.25, 0.3) is 0 Å². The molecule has 98 valence electrons.